The van der Waals surface area contributed by atoms with Crippen LogP contribution in [0.3, 0.4) is 0 Å². The third-order valence-corrected chi connectivity index (χ3v) is 4.16. The van der Waals surface area contributed by atoms with E-state index in [9.17, 15) is 0 Å². The summed E-state index contributed by atoms with van der Waals surface area (Å²) in [4.78, 5) is 11.6. The summed E-state index contributed by atoms with van der Waals surface area (Å²) in [5.41, 5.74) is 0.816. The maximum absolute atomic E-state index is 4.70. The van der Waals surface area contributed by atoms with E-state index in [1.165, 1.54) is 25.7 Å². The van der Waals surface area contributed by atoms with E-state index in [1.807, 2.05) is 13.2 Å². The van der Waals surface area contributed by atoms with Crippen molar-refractivity contribution in [2.24, 2.45) is 11.8 Å². The van der Waals surface area contributed by atoms with E-state index in [1.54, 1.807) is 0 Å². The molecular weight excluding hydrogens is 252 g/mol. The van der Waals surface area contributed by atoms with Crippen molar-refractivity contribution in [3.8, 4) is 0 Å². The molecular formula is C14H20N6. The average molecular weight is 272 g/mol. The third kappa shape index (κ3) is 2.30. The van der Waals surface area contributed by atoms with E-state index >= 15 is 0 Å². The van der Waals surface area contributed by atoms with E-state index in [-0.39, 0.29) is 0 Å². The Balaban J connectivity index is 1.73. The van der Waals surface area contributed by atoms with Gasteiger partial charge in [-0.15, -0.1) is 0 Å². The van der Waals surface area contributed by atoms with Crippen molar-refractivity contribution < 1.29 is 0 Å². The number of anilines is 2. The molecule has 0 unspecified atom stereocenters. The highest BCUT2D eigenvalue weighted by atomic mass is 15.3. The molecule has 2 aliphatic carbocycles. The van der Waals surface area contributed by atoms with Crippen LogP contribution in [0.1, 0.15) is 25.7 Å². The average Bonchev–Trinajstić information content (AvgIpc) is 3.38. The van der Waals surface area contributed by atoms with Gasteiger partial charge in [0.25, 0.3) is 0 Å². The molecule has 6 nitrogen and oxygen atoms in total. The molecule has 0 amide bonds. The van der Waals surface area contributed by atoms with Crippen molar-refractivity contribution in [3.63, 3.8) is 0 Å². The van der Waals surface area contributed by atoms with Gasteiger partial charge < -0.3 is 10.2 Å². The highest BCUT2D eigenvalue weighted by molar-refractivity contribution is 5.87. The molecule has 2 heterocycles. The van der Waals surface area contributed by atoms with Gasteiger partial charge in [-0.2, -0.15) is 15.1 Å². The van der Waals surface area contributed by atoms with Crippen molar-refractivity contribution >= 4 is 22.8 Å². The van der Waals surface area contributed by atoms with Gasteiger partial charge in [0.1, 0.15) is 5.82 Å². The smallest absolute Gasteiger partial charge is 0.226 e. The number of nitrogens with one attached hydrogen (secondary N) is 2. The Morgan fingerprint density at radius 1 is 1.20 bits per heavy atom. The molecule has 0 atom stereocenters. The van der Waals surface area contributed by atoms with E-state index in [0.717, 1.165) is 41.8 Å². The Hall–Kier alpha value is -1.85. The van der Waals surface area contributed by atoms with Crippen LogP contribution in [0, 0.1) is 11.8 Å². The summed E-state index contributed by atoms with van der Waals surface area (Å²) < 4.78 is 0. The lowest BCUT2D eigenvalue weighted by Gasteiger charge is -2.24. The molecule has 6 heteroatoms. The first-order chi connectivity index (χ1) is 9.83. The van der Waals surface area contributed by atoms with Gasteiger partial charge in [0.2, 0.25) is 5.95 Å². The molecule has 0 saturated heterocycles. The molecule has 4 rings (SSSR count). The topological polar surface area (TPSA) is 69.7 Å². The van der Waals surface area contributed by atoms with E-state index < -0.39 is 0 Å². The van der Waals surface area contributed by atoms with Gasteiger partial charge in [0.05, 0.1) is 11.6 Å². The Morgan fingerprint density at radius 3 is 2.50 bits per heavy atom. The van der Waals surface area contributed by atoms with Crippen molar-refractivity contribution in [1.29, 1.82) is 0 Å². The zero-order valence-electron chi connectivity index (χ0n) is 11.8. The molecule has 2 aromatic rings. The minimum atomic E-state index is 0.661. The third-order valence-electron chi connectivity index (χ3n) is 4.16. The predicted octanol–water partition coefficient (Wildman–Crippen LogP) is 2.02. The number of aromatic nitrogens is 4. The zero-order valence-corrected chi connectivity index (χ0v) is 11.8. The fourth-order valence-electron chi connectivity index (χ4n) is 2.64. The van der Waals surface area contributed by atoms with Gasteiger partial charge in [-0.25, -0.2) is 0 Å². The predicted molar refractivity (Wildman–Crippen MR) is 78.9 cm³/mol. The summed E-state index contributed by atoms with van der Waals surface area (Å²) in [7, 11) is 1.85. The first-order valence-electron chi connectivity index (χ1n) is 7.47. The lowest BCUT2D eigenvalue weighted by Crippen LogP contribution is -2.29. The Labute approximate surface area is 118 Å². The lowest BCUT2D eigenvalue weighted by molar-refractivity contribution is 0.673. The summed E-state index contributed by atoms with van der Waals surface area (Å²) in [6, 6.07) is 0. The van der Waals surface area contributed by atoms with Crippen molar-refractivity contribution in [3.05, 3.63) is 6.20 Å². The molecule has 0 radical (unpaired) electrons. The Bertz CT molecular complexity index is 599. The van der Waals surface area contributed by atoms with Crippen molar-refractivity contribution in [1.82, 2.24) is 20.2 Å². The molecule has 2 fully saturated rings. The standard InChI is InChI=1S/C14H20N6/c1-15-14-17-12-11(6-16-19-12)13(18-14)20(7-9-2-3-9)8-10-4-5-10/h6,9-10H,2-5,7-8H2,1H3,(H2,15,16,17,18,19). The van der Waals surface area contributed by atoms with Crippen LogP contribution in [-0.4, -0.2) is 40.3 Å². The number of H-pyrrole nitrogens is 1. The number of aromatic amines is 1. The zero-order chi connectivity index (χ0) is 13.5. The van der Waals surface area contributed by atoms with Crippen LogP contribution in [0.4, 0.5) is 11.8 Å². The Morgan fingerprint density at radius 2 is 1.90 bits per heavy atom. The SMILES string of the molecule is CNc1nc(N(CC2CC2)CC2CC2)c2cn[nH]c2n1. The summed E-state index contributed by atoms with van der Waals surface area (Å²) >= 11 is 0. The number of hydrogen-bond donors (Lipinski definition) is 2. The van der Waals surface area contributed by atoms with Crippen LogP contribution in [0.5, 0.6) is 0 Å². The van der Waals surface area contributed by atoms with Gasteiger partial charge >= 0.3 is 0 Å². The number of nitrogens with zero attached hydrogens (tertiary/aromatic N) is 4. The minimum Gasteiger partial charge on any atom is -0.357 e. The fraction of sp³-hybridized carbons (Fsp3) is 0.643. The van der Waals surface area contributed by atoms with Crippen LogP contribution in [0.15, 0.2) is 6.20 Å². The highest BCUT2D eigenvalue weighted by Gasteiger charge is 2.31. The van der Waals surface area contributed by atoms with E-state index in [2.05, 4.69) is 25.4 Å². The molecule has 2 saturated carbocycles. The van der Waals surface area contributed by atoms with Crippen LogP contribution in [0.25, 0.3) is 11.0 Å². The first-order valence-corrected chi connectivity index (χ1v) is 7.47. The summed E-state index contributed by atoms with van der Waals surface area (Å²) in [6.07, 6.45) is 7.29. The van der Waals surface area contributed by atoms with Gasteiger partial charge in [-0.3, -0.25) is 5.10 Å². The maximum atomic E-state index is 4.70. The number of hydrogen-bond acceptors (Lipinski definition) is 5. The van der Waals surface area contributed by atoms with Crippen LogP contribution in [-0.2, 0) is 0 Å². The highest BCUT2D eigenvalue weighted by Crippen LogP contribution is 2.36. The molecule has 0 aromatic carbocycles. The first kappa shape index (κ1) is 11.9. The molecule has 2 N–H and O–H groups in total. The summed E-state index contributed by atoms with van der Waals surface area (Å²) in [5.74, 6) is 3.40. The van der Waals surface area contributed by atoms with Gasteiger partial charge in [-0.05, 0) is 37.5 Å². The second kappa shape index (κ2) is 4.61. The Kier molecular flexibility index (Phi) is 2.75. The fourth-order valence-corrected chi connectivity index (χ4v) is 2.64. The van der Waals surface area contributed by atoms with Gasteiger partial charge in [0, 0.05) is 20.1 Å². The quantitative estimate of drug-likeness (QED) is 0.842. The second-order valence-corrected chi connectivity index (χ2v) is 6.04. The largest absolute Gasteiger partial charge is 0.357 e. The normalized spacial score (nSPS) is 18.4. The molecule has 0 spiro atoms. The van der Waals surface area contributed by atoms with Crippen LogP contribution in [0.2, 0.25) is 0 Å². The van der Waals surface area contributed by atoms with Crippen LogP contribution < -0.4 is 10.2 Å². The summed E-state index contributed by atoms with van der Waals surface area (Å²) in [6.45, 7) is 2.24. The maximum Gasteiger partial charge on any atom is 0.226 e. The minimum absolute atomic E-state index is 0.661. The van der Waals surface area contributed by atoms with E-state index in [0.29, 0.717) is 5.95 Å². The van der Waals surface area contributed by atoms with Crippen LogP contribution >= 0.6 is 0 Å². The van der Waals surface area contributed by atoms with Crippen molar-refractivity contribution in [2.45, 2.75) is 25.7 Å². The molecule has 2 aliphatic rings. The number of fused-ring (bicyclic) bond motifs is 1. The molecule has 20 heavy (non-hydrogen) atoms. The molecule has 106 valence electrons. The molecule has 0 aliphatic heterocycles. The molecule has 2 aromatic heterocycles. The summed E-state index contributed by atoms with van der Waals surface area (Å²) in [5, 5.41) is 11.2. The second-order valence-electron chi connectivity index (χ2n) is 6.04. The van der Waals surface area contributed by atoms with Gasteiger partial charge in [-0.1, -0.05) is 0 Å². The van der Waals surface area contributed by atoms with E-state index in [4.69, 9.17) is 4.98 Å². The monoisotopic (exact) mass is 272 g/mol. The number of rotatable bonds is 6. The lowest BCUT2D eigenvalue weighted by atomic mass is 10.2. The molecule has 0 bridgehead atoms. The van der Waals surface area contributed by atoms with Gasteiger partial charge in [0.15, 0.2) is 5.65 Å². The van der Waals surface area contributed by atoms with Crippen molar-refractivity contribution in [2.75, 3.05) is 30.4 Å².